The SMILES string of the molecule is CC(=O)O[C@H]1COC(c2ccccc2)O[C@H]1[C@H]1OC(c2ccccc2)OC[C@H]1OC(C)=O. The van der Waals surface area contributed by atoms with E-state index in [1.54, 1.807) is 0 Å². The Morgan fingerprint density at radius 1 is 0.688 bits per heavy atom. The zero-order chi connectivity index (χ0) is 22.5. The van der Waals surface area contributed by atoms with Crippen LogP contribution < -0.4 is 0 Å². The molecular weight excluding hydrogens is 416 g/mol. The summed E-state index contributed by atoms with van der Waals surface area (Å²) in [6.45, 7) is 2.85. The third-order valence-electron chi connectivity index (χ3n) is 5.22. The van der Waals surface area contributed by atoms with Gasteiger partial charge in [-0.15, -0.1) is 0 Å². The Bertz CT molecular complexity index is 827. The molecule has 170 valence electrons. The first kappa shape index (κ1) is 22.4. The molecule has 0 saturated carbocycles. The molecule has 0 aromatic heterocycles. The lowest BCUT2D eigenvalue weighted by molar-refractivity contribution is -0.333. The van der Waals surface area contributed by atoms with E-state index in [2.05, 4.69) is 0 Å². The lowest BCUT2D eigenvalue weighted by atomic mass is 10.00. The molecule has 8 heteroatoms. The van der Waals surface area contributed by atoms with Gasteiger partial charge in [0, 0.05) is 25.0 Å². The van der Waals surface area contributed by atoms with Crippen molar-refractivity contribution in [2.75, 3.05) is 13.2 Å². The zero-order valence-electron chi connectivity index (χ0n) is 17.9. The van der Waals surface area contributed by atoms with Crippen molar-refractivity contribution < 1.29 is 38.0 Å². The highest BCUT2D eigenvalue weighted by molar-refractivity contribution is 5.66. The van der Waals surface area contributed by atoms with Gasteiger partial charge in [0.15, 0.2) is 24.8 Å². The Kier molecular flexibility index (Phi) is 7.16. The third-order valence-corrected chi connectivity index (χ3v) is 5.22. The van der Waals surface area contributed by atoms with Crippen LogP contribution in [0.4, 0.5) is 0 Å². The second-order valence-corrected chi connectivity index (χ2v) is 7.65. The minimum Gasteiger partial charge on any atom is -0.457 e. The predicted molar refractivity (Wildman–Crippen MR) is 111 cm³/mol. The van der Waals surface area contributed by atoms with Gasteiger partial charge < -0.3 is 28.4 Å². The number of esters is 2. The molecule has 0 aliphatic carbocycles. The summed E-state index contributed by atoms with van der Waals surface area (Å²) in [6.07, 6.45) is -4.37. The van der Waals surface area contributed by atoms with Gasteiger partial charge >= 0.3 is 11.9 Å². The Balaban J connectivity index is 1.62. The van der Waals surface area contributed by atoms with Crippen LogP contribution in [0.25, 0.3) is 0 Å². The van der Waals surface area contributed by atoms with Crippen LogP contribution in [0.2, 0.25) is 0 Å². The third kappa shape index (κ3) is 5.34. The molecule has 2 aliphatic rings. The predicted octanol–water partition coefficient (Wildman–Crippen LogP) is 3.08. The fourth-order valence-corrected chi connectivity index (χ4v) is 3.87. The lowest BCUT2D eigenvalue weighted by Gasteiger charge is -2.44. The molecule has 0 N–H and O–H groups in total. The number of ether oxygens (including phenoxy) is 6. The van der Waals surface area contributed by atoms with Gasteiger partial charge in [-0.1, -0.05) is 60.7 Å². The number of rotatable bonds is 5. The number of hydrogen-bond acceptors (Lipinski definition) is 8. The van der Waals surface area contributed by atoms with Crippen LogP contribution in [0, 0.1) is 0 Å². The van der Waals surface area contributed by atoms with E-state index in [1.807, 2.05) is 60.7 Å². The fourth-order valence-electron chi connectivity index (χ4n) is 3.87. The van der Waals surface area contributed by atoms with Gasteiger partial charge in [0.1, 0.15) is 12.2 Å². The first-order valence-corrected chi connectivity index (χ1v) is 10.5. The second-order valence-electron chi connectivity index (χ2n) is 7.65. The smallest absolute Gasteiger partial charge is 0.303 e. The van der Waals surface area contributed by atoms with E-state index in [-0.39, 0.29) is 13.2 Å². The van der Waals surface area contributed by atoms with Crippen molar-refractivity contribution in [3.05, 3.63) is 71.8 Å². The van der Waals surface area contributed by atoms with Crippen molar-refractivity contribution in [1.29, 1.82) is 0 Å². The van der Waals surface area contributed by atoms with Crippen LogP contribution in [-0.2, 0) is 38.0 Å². The topological polar surface area (TPSA) is 89.5 Å². The summed E-state index contributed by atoms with van der Waals surface area (Å²) in [6, 6.07) is 18.9. The number of benzene rings is 2. The van der Waals surface area contributed by atoms with Crippen LogP contribution in [0.5, 0.6) is 0 Å². The number of hydrogen-bond donors (Lipinski definition) is 0. The van der Waals surface area contributed by atoms with Crippen molar-refractivity contribution in [2.45, 2.75) is 50.8 Å². The molecule has 2 saturated heterocycles. The van der Waals surface area contributed by atoms with Gasteiger partial charge in [-0.3, -0.25) is 9.59 Å². The minimum absolute atomic E-state index is 0.104. The molecule has 0 spiro atoms. The van der Waals surface area contributed by atoms with E-state index in [1.165, 1.54) is 13.8 Å². The summed E-state index contributed by atoms with van der Waals surface area (Å²) in [4.78, 5) is 23.5. The summed E-state index contributed by atoms with van der Waals surface area (Å²) in [5, 5.41) is 0. The van der Waals surface area contributed by atoms with Crippen LogP contribution in [-0.4, -0.2) is 49.6 Å². The Labute approximate surface area is 186 Å². The van der Waals surface area contributed by atoms with Crippen molar-refractivity contribution in [2.24, 2.45) is 0 Å². The van der Waals surface area contributed by atoms with Gasteiger partial charge in [-0.2, -0.15) is 0 Å². The Morgan fingerprint density at radius 2 is 1.06 bits per heavy atom. The van der Waals surface area contributed by atoms with Crippen molar-refractivity contribution in [1.82, 2.24) is 0 Å². The monoisotopic (exact) mass is 442 g/mol. The summed E-state index contributed by atoms with van der Waals surface area (Å²) >= 11 is 0. The van der Waals surface area contributed by atoms with E-state index in [0.29, 0.717) is 0 Å². The molecule has 2 fully saturated rings. The molecular formula is C24H26O8. The zero-order valence-corrected chi connectivity index (χ0v) is 17.9. The summed E-state index contributed by atoms with van der Waals surface area (Å²) in [5.74, 6) is -0.942. The lowest BCUT2D eigenvalue weighted by Crippen LogP contribution is -2.57. The van der Waals surface area contributed by atoms with Gasteiger partial charge in [-0.25, -0.2) is 0 Å². The van der Waals surface area contributed by atoms with E-state index in [9.17, 15) is 9.59 Å². The average Bonchev–Trinajstić information content (AvgIpc) is 2.80. The Morgan fingerprint density at radius 3 is 1.41 bits per heavy atom. The van der Waals surface area contributed by atoms with E-state index in [0.717, 1.165) is 11.1 Å². The summed E-state index contributed by atoms with van der Waals surface area (Å²) < 4.78 is 35.1. The van der Waals surface area contributed by atoms with E-state index < -0.39 is 48.9 Å². The van der Waals surface area contributed by atoms with Crippen LogP contribution in [0.15, 0.2) is 60.7 Å². The number of carbonyl (C=O) groups is 2. The molecule has 0 radical (unpaired) electrons. The molecule has 32 heavy (non-hydrogen) atoms. The van der Waals surface area contributed by atoms with Gasteiger partial charge in [-0.05, 0) is 0 Å². The molecule has 6 atom stereocenters. The van der Waals surface area contributed by atoms with Gasteiger partial charge in [0.2, 0.25) is 0 Å². The summed E-state index contributed by atoms with van der Waals surface area (Å²) in [5.41, 5.74) is 1.63. The highest BCUT2D eigenvalue weighted by atomic mass is 16.7. The normalized spacial score (nSPS) is 30.3. The largest absolute Gasteiger partial charge is 0.457 e. The maximum Gasteiger partial charge on any atom is 0.303 e. The molecule has 2 aromatic rings. The van der Waals surface area contributed by atoms with Gasteiger partial charge in [0.25, 0.3) is 0 Å². The van der Waals surface area contributed by atoms with Crippen LogP contribution >= 0.6 is 0 Å². The van der Waals surface area contributed by atoms with Crippen LogP contribution in [0.3, 0.4) is 0 Å². The quantitative estimate of drug-likeness (QED) is 0.653. The Hall–Kier alpha value is -2.78. The first-order valence-electron chi connectivity index (χ1n) is 10.5. The minimum atomic E-state index is -0.752. The molecule has 8 nitrogen and oxygen atoms in total. The second kappa shape index (κ2) is 10.2. The van der Waals surface area contributed by atoms with E-state index >= 15 is 0 Å². The maximum atomic E-state index is 11.8. The highest BCUT2D eigenvalue weighted by Gasteiger charge is 2.48. The average molecular weight is 442 g/mol. The fraction of sp³-hybridized carbons (Fsp3) is 0.417. The number of carbonyl (C=O) groups excluding carboxylic acids is 2. The summed E-state index contributed by atoms with van der Waals surface area (Å²) in [7, 11) is 0. The molecule has 2 heterocycles. The molecule has 0 amide bonds. The molecule has 4 rings (SSSR count). The highest BCUT2D eigenvalue weighted by Crippen LogP contribution is 2.36. The van der Waals surface area contributed by atoms with Crippen molar-refractivity contribution in [3.63, 3.8) is 0 Å². The van der Waals surface area contributed by atoms with E-state index in [4.69, 9.17) is 28.4 Å². The maximum absolute atomic E-state index is 11.8. The molecule has 2 unspecified atom stereocenters. The molecule has 2 aromatic carbocycles. The van der Waals surface area contributed by atoms with Crippen LogP contribution in [0.1, 0.15) is 37.6 Å². The first-order chi connectivity index (χ1) is 15.5. The van der Waals surface area contributed by atoms with Gasteiger partial charge in [0.05, 0.1) is 13.2 Å². The van der Waals surface area contributed by atoms with Crippen molar-refractivity contribution >= 4 is 11.9 Å². The standard InChI is InChI=1S/C24H26O8/c1-15(25)29-19-13-27-23(17-9-5-3-6-10-17)31-21(19)22-20(30-16(2)26)14-28-24(32-22)18-11-7-4-8-12-18/h3-12,19-24H,13-14H2,1-2H3/t19-,20+,21+,22-,23?,24?. The molecule has 0 bridgehead atoms. The molecule has 2 aliphatic heterocycles. The van der Waals surface area contributed by atoms with Crippen molar-refractivity contribution in [3.8, 4) is 0 Å².